The number of hydrogen-bond acceptors (Lipinski definition) is 3. The summed E-state index contributed by atoms with van der Waals surface area (Å²) in [6.45, 7) is 6.52. The number of nitrogens with zero attached hydrogens (tertiary/aromatic N) is 1. The predicted molar refractivity (Wildman–Crippen MR) is 80.9 cm³/mol. The molecule has 0 atom stereocenters. The highest BCUT2D eigenvalue weighted by molar-refractivity contribution is 5.92. The molecule has 0 fully saturated rings. The number of carbonyl (C=O) groups excluding carboxylic acids is 1. The molecule has 0 saturated heterocycles. The third-order valence-corrected chi connectivity index (χ3v) is 2.93. The van der Waals surface area contributed by atoms with Crippen LogP contribution in [-0.2, 0) is 4.74 Å². The van der Waals surface area contributed by atoms with Crippen LogP contribution in [0.2, 0.25) is 0 Å². The van der Waals surface area contributed by atoms with Gasteiger partial charge in [0.15, 0.2) is 0 Å². The molecule has 0 aliphatic carbocycles. The minimum absolute atomic E-state index is 0.132. The van der Waals surface area contributed by atoms with Gasteiger partial charge in [-0.2, -0.15) is 0 Å². The first-order valence-corrected chi connectivity index (χ1v) is 6.79. The third-order valence-electron chi connectivity index (χ3n) is 2.93. The van der Waals surface area contributed by atoms with Crippen molar-refractivity contribution in [2.45, 2.75) is 26.9 Å². The minimum Gasteiger partial charge on any atom is -0.478 e. The Morgan fingerprint density at radius 1 is 1.38 bits per heavy atom. The van der Waals surface area contributed by atoms with Gasteiger partial charge in [-0.3, -0.25) is 0 Å². The Labute approximate surface area is 124 Å². The second kappa shape index (κ2) is 7.64. The van der Waals surface area contributed by atoms with Crippen molar-refractivity contribution in [3.63, 3.8) is 0 Å². The van der Waals surface area contributed by atoms with Gasteiger partial charge in [0.05, 0.1) is 18.3 Å². The van der Waals surface area contributed by atoms with Crippen LogP contribution in [0.1, 0.15) is 29.8 Å². The number of amides is 2. The van der Waals surface area contributed by atoms with Gasteiger partial charge in [-0.05, 0) is 44.5 Å². The Hall–Kier alpha value is -2.08. The number of anilines is 1. The molecule has 0 bridgehead atoms. The summed E-state index contributed by atoms with van der Waals surface area (Å²) < 4.78 is 5.39. The van der Waals surface area contributed by atoms with E-state index in [0.29, 0.717) is 24.4 Å². The number of nitrogens with one attached hydrogen (secondary N) is 1. The Morgan fingerprint density at radius 2 is 2.05 bits per heavy atom. The van der Waals surface area contributed by atoms with Crippen molar-refractivity contribution < 1.29 is 19.4 Å². The van der Waals surface area contributed by atoms with E-state index in [2.05, 4.69) is 5.32 Å². The van der Waals surface area contributed by atoms with Gasteiger partial charge < -0.3 is 20.1 Å². The van der Waals surface area contributed by atoms with Crippen LogP contribution < -0.4 is 5.32 Å². The van der Waals surface area contributed by atoms with E-state index < -0.39 is 5.97 Å². The Bertz CT molecular complexity index is 514. The third kappa shape index (κ3) is 5.43. The Morgan fingerprint density at radius 3 is 2.57 bits per heavy atom. The van der Waals surface area contributed by atoms with Crippen LogP contribution in [-0.4, -0.2) is 48.3 Å². The van der Waals surface area contributed by atoms with Crippen LogP contribution in [0.25, 0.3) is 0 Å². The average molecular weight is 294 g/mol. The fourth-order valence-corrected chi connectivity index (χ4v) is 1.73. The summed E-state index contributed by atoms with van der Waals surface area (Å²) in [7, 11) is 1.68. The number of benzene rings is 1. The molecule has 0 radical (unpaired) electrons. The fourth-order valence-electron chi connectivity index (χ4n) is 1.73. The molecule has 0 unspecified atom stereocenters. The maximum atomic E-state index is 12.0. The number of carbonyl (C=O) groups is 2. The van der Waals surface area contributed by atoms with E-state index in [1.54, 1.807) is 26.1 Å². The summed E-state index contributed by atoms with van der Waals surface area (Å²) in [6, 6.07) is 4.44. The number of aryl methyl sites for hydroxylation is 1. The Balaban J connectivity index is 2.58. The standard InChI is InChI=1S/C15H22N2O4/c1-10(2)21-8-7-17(4)15(20)16-12-5-6-13(14(18)19)11(3)9-12/h5-6,9-10H,7-8H2,1-4H3,(H,16,20)(H,18,19). The molecule has 0 aliphatic rings. The maximum absolute atomic E-state index is 12.0. The van der Waals surface area contributed by atoms with Crippen molar-refractivity contribution in [3.05, 3.63) is 29.3 Å². The molecular weight excluding hydrogens is 272 g/mol. The molecule has 0 spiro atoms. The van der Waals surface area contributed by atoms with Crippen LogP contribution in [0.15, 0.2) is 18.2 Å². The Kier molecular flexibility index (Phi) is 6.17. The molecular formula is C15H22N2O4. The second-order valence-corrected chi connectivity index (χ2v) is 5.11. The first kappa shape index (κ1) is 17.0. The van der Waals surface area contributed by atoms with Gasteiger partial charge in [-0.15, -0.1) is 0 Å². The van der Waals surface area contributed by atoms with E-state index in [9.17, 15) is 9.59 Å². The largest absolute Gasteiger partial charge is 0.478 e. The molecule has 0 aromatic heterocycles. The summed E-state index contributed by atoms with van der Waals surface area (Å²) in [5.74, 6) is -0.978. The lowest BCUT2D eigenvalue weighted by Crippen LogP contribution is -2.34. The normalized spacial score (nSPS) is 10.5. The predicted octanol–water partition coefficient (Wildman–Crippen LogP) is 2.58. The fraction of sp³-hybridized carbons (Fsp3) is 0.467. The van der Waals surface area contributed by atoms with Crippen LogP contribution in [0.4, 0.5) is 10.5 Å². The summed E-state index contributed by atoms with van der Waals surface area (Å²) in [4.78, 5) is 24.4. The van der Waals surface area contributed by atoms with Gasteiger partial charge in [0, 0.05) is 19.3 Å². The first-order chi connectivity index (χ1) is 9.81. The highest BCUT2D eigenvalue weighted by Crippen LogP contribution is 2.15. The lowest BCUT2D eigenvalue weighted by atomic mass is 10.1. The van der Waals surface area contributed by atoms with E-state index >= 15 is 0 Å². The van der Waals surface area contributed by atoms with Crippen molar-refractivity contribution in [1.29, 1.82) is 0 Å². The number of carboxylic acid groups (broad SMARTS) is 1. The molecule has 1 rings (SSSR count). The molecule has 0 aliphatic heterocycles. The van der Waals surface area contributed by atoms with Crippen molar-refractivity contribution in [3.8, 4) is 0 Å². The summed E-state index contributed by atoms with van der Waals surface area (Å²) in [6.07, 6.45) is 0.132. The summed E-state index contributed by atoms with van der Waals surface area (Å²) >= 11 is 0. The molecule has 6 nitrogen and oxygen atoms in total. The van der Waals surface area contributed by atoms with Crippen LogP contribution >= 0.6 is 0 Å². The molecule has 6 heteroatoms. The molecule has 2 N–H and O–H groups in total. The molecule has 1 aromatic rings. The van der Waals surface area contributed by atoms with E-state index in [1.165, 1.54) is 11.0 Å². The molecule has 116 valence electrons. The lowest BCUT2D eigenvalue weighted by Gasteiger charge is -2.19. The van der Waals surface area contributed by atoms with Gasteiger partial charge in [0.25, 0.3) is 0 Å². The van der Waals surface area contributed by atoms with Crippen LogP contribution in [0.5, 0.6) is 0 Å². The monoisotopic (exact) mass is 294 g/mol. The van der Waals surface area contributed by atoms with Gasteiger partial charge in [-0.25, -0.2) is 9.59 Å². The van der Waals surface area contributed by atoms with E-state index in [0.717, 1.165) is 0 Å². The van der Waals surface area contributed by atoms with Gasteiger partial charge in [0.2, 0.25) is 0 Å². The average Bonchev–Trinajstić information content (AvgIpc) is 2.37. The van der Waals surface area contributed by atoms with E-state index in [4.69, 9.17) is 9.84 Å². The minimum atomic E-state index is -0.978. The zero-order valence-corrected chi connectivity index (χ0v) is 12.8. The molecule has 1 aromatic carbocycles. The van der Waals surface area contributed by atoms with Crippen molar-refractivity contribution in [1.82, 2.24) is 4.90 Å². The topological polar surface area (TPSA) is 78.9 Å². The smallest absolute Gasteiger partial charge is 0.335 e. The molecule has 2 amide bonds. The van der Waals surface area contributed by atoms with Crippen molar-refractivity contribution in [2.75, 3.05) is 25.5 Å². The highest BCUT2D eigenvalue weighted by atomic mass is 16.5. The SMILES string of the molecule is Cc1cc(NC(=O)N(C)CCOC(C)C)ccc1C(=O)O. The van der Waals surface area contributed by atoms with Crippen molar-refractivity contribution >= 4 is 17.7 Å². The summed E-state index contributed by atoms with van der Waals surface area (Å²) in [5.41, 5.74) is 1.40. The van der Waals surface area contributed by atoms with E-state index in [1.807, 2.05) is 13.8 Å². The number of carboxylic acids is 1. The lowest BCUT2D eigenvalue weighted by molar-refractivity contribution is 0.0689. The van der Waals surface area contributed by atoms with Gasteiger partial charge in [-0.1, -0.05) is 0 Å². The number of likely N-dealkylation sites (N-methyl/N-ethyl adjacent to an activating group) is 1. The van der Waals surface area contributed by atoms with Crippen LogP contribution in [0, 0.1) is 6.92 Å². The molecule has 21 heavy (non-hydrogen) atoms. The second-order valence-electron chi connectivity index (χ2n) is 5.11. The van der Waals surface area contributed by atoms with Gasteiger partial charge >= 0.3 is 12.0 Å². The first-order valence-electron chi connectivity index (χ1n) is 6.79. The number of rotatable bonds is 6. The zero-order chi connectivity index (χ0) is 16.0. The maximum Gasteiger partial charge on any atom is 0.335 e. The number of hydrogen-bond donors (Lipinski definition) is 2. The number of urea groups is 1. The molecule has 0 saturated carbocycles. The van der Waals surface area contributed by atoms with E-state index in [-0.39, 0.29) is 17.7 Å². The number of ether oxygens (including phenoxy) is 1. The highest BCUT2D eigenvalue weighted by Gasteiger charge is 2.11. The molecule has 0 heterocycles. The quantitative estimate of drug-likeness (QED) is 0.845. The van der Waals surface area contributed by atoms with Gasteiger partial charge in [0.1, 0.15) is 0 Å². The van der Waals surface area contributed by atoms with Crippen molar-refractivity contribution in [2.24, 2.45) is 0 Å². The summed E-state index contributed by atoms with van der Waals surface area (Å²) in [5, 5.41) is 11.7. The zero-order valence-electron chi connectivity index (χ0n) is 12.8. The van der Waals surface area contributed by atoms with Crippen LogP contribution in [0.3, 0.4) is 0 Å². The number of aromatic carboxylic acids is 1.